The summed E-state index contributed by atoms with van der Waals surface area (Å²) in [5.74, 6) is -1.77. The van der Waals surface area contributed by atoms with Gasteiger partial charge in [0, 0.05) is 11.6 Å². The summed E-state index contributed by atoms with van der Waals surface area (Å²) in [6, 6.07) is 10.4. The van der Waals surface area contributed by atoms with Crippen LogP contribution in [0.4, 0.5) is 14.5 Å². The molecular weight excluding hydrogens is 352 g/mol. The standard InChI is InChI=1S/C20H19F2N3O2/c1-12-6-4-5-7-16(12)20(26)23-19-13(2)24-25(14(19)3)11-27-18-9-8-15(21)10-17(18)22/h4-10H,11H2,1-3H3,(H,23,26). The van der Waals surface area contributed by atoms with Crippen LogP contribution in [0.3, 0.4) is 0 Å². The molecule has 3 rings (SSSR count). The van der Waals surface area contributed by atoms with Crippen LogP contribution in [0, 0.1) is 32.4 Å². The molecule has 1 amide bonds. The zero-order valence-electron chi connectivity index (χ0n) is 15.2. The minimum atomic E-state index is -0.787. The Balaban J connectivity index is 1.76. The highest BCUT2D eigenvalue weighted by atomic mass is 19.1. The van der Waals surface area contributed by atoms with Gasteiger partial charge in [-0.3, -0.25) is 4.79 Å². The van der Waals surface area contributed by atoms with E-state index in [0.29, 0.717) is 22.6 Å². The van der Waals surface area contributed by atoms with E-state index in [1.54, 1.807) is 26.0 Å². The van der Waals surface area contributed by atoms with E-state index in [-0.39, 0.29) is 18.4 Å². The van der Waals surface area contributed by atoms with Gasteiger partial charge in [0.2, 0.25) is 0 Å². The zero-order chi connectivity index (χ0) is 19.6. The lowest BCUT2D eigenvalue weighted by Crippen LogP contribution is -2.15. The maximum Gasteiger partial charge on any atom is 0.256 e. The largest absolute Gasteiger partial charge is 0.468 e. The van der Waals surface area contributed by atoms with Crippen molar-refractivity contribution >= 4 is 11.6 Å². The van der Waals surface area contributed by atoms with Gasteiger partial charge < -0.3 is 10.1 Å². The molecule has 1 aromatic heterocycles. The smallest absolute Gasteiger partial charge is 0.256 e. The van der Waals surface area contributed by atoms with Crippen molar-refractivity contribution in [1.29, 1.82) is 0 Å². The molecule has 0 saturated heterocycles. The Hall–Kier alpha value is -3.22. The fourth-order valence-electron chi connectivity index (χ4n) is 2.74. The summed E-state index contributed by atoms with van der Waals surface area (Å²) in [6.45, 7) is 5.33. The van der Waals surface area contributed by atoms with Gasteiger partial charge in [0.1, 0.15) is 5.82 Å². The molecule has 1 heterocycles. The summed E-state index contributed by atoms with van der Waals surface area (Å²) in [5.41, 5.74) is 3.29. The summed E-state index contributed by atoms with van der Waals surface area (Å²) in [7, 11) is 0. The van der Waals surface area contributed by atoms with E-state index in [1.165, 1.54) is 10.7 Å². The number of anilines is 1. The maximum atomic E-state index is 13.7. The molecule has 0 spiro atoms. The van der Waals surface area contributed by atoms with Crippen molar-refractivity contribution in [1.82, 2.24) is 9.78 Å². The first kappa shape index (κ1) is 18.6. The second kappa shape index (κ2) is 7.57. The van der Waals surface area contributed by atoms with Gasteiger partial charge in [0.15, 0.2) is 18.3 Å². The number of aryl methyl sites for hydroxylation is 2. The molecule has 0 unspecified atom stereocenters. The van der Waals surface area contributed by atoms with Crippen molar-refractivity contribution in [2.24, 2.45) is 0 Å². The summed E-state index contributed by atoms with van der Waals surface area (Å²) >= 11 is 0. The number of benzene rings is 2. The first-order chi connectivity index (χ1) is 12.9. The van der Waals surface area contributed by atoms with Crippen molar-refractivity contribution in [3.63, 3.8) is 0 Å². The number of hydrogen-bond acceptors (Lipinski definition) is 3. The first-order valence-corrected chi connectivity index (χ1v) is 8.35. The predicted molar refractivity (Wildman–Crippen MR) is 97.8 cm³/mol. The monoisotopic (exact) mass is 371 g/mol. The average molecular weight is 371 g/mol. The van der Waals surface area contributed by atoms with Gasteiger partial charge in [-0.05, 0) is 44.5 Å². The molecule has 3 aromatic rings. The number of rotatable bonds is 5. The van der Waals surface area contributed by atoms with Crippen LogP contribution in [-0.2, 0) is 6.73 Å². The number of carbonyl (C=O) groups excluding carboxylic acids is 1. The first-order valence-electron chi connectivity index (χ1n) is 8.35. The summed E-state index contributed by atoms with van der Waals surface area (Å²) in [5, 5.41) is 7.19. The van der Waals surface area contributed by atoms with Crippen LogP contribution in [0.15, 0.2) is 42.5 Å². The van der Waals surface area contributed by atoms with Gasteiger partial charge in [-0.25, -0.2) is 13.5 Å². The SMILES string of the molecule is Cc1ccccc1C(=O)Nc1c(C)nn(COc2ccc(F)cc2F)c1C. The molecule has 0 saturated carbocycles. The Bertz CT molecular complexity index is 999. The van der Waals surface area contributed by atoms with Crippen LogP contribution >= 0.6 is 0 Å². The van der Waals surface area contributed by atoms with Crippen molar-refractivity contribution in [3.05, 3.63) is 76.6 Å². The van der Waals surface area contributed by atoms with Crippen LogP contribution in [0.5, 0.6) is 5.75 Å². The molecule has 0 atom stereocenters. The second-order valence-electron chi connectivity index (χ2n) is 6.16. The van der Waals surface area contributed by atoms with Crippen molar-refractivity contribution in [3.8, 4) is 5.75 Å². The van der Waals surface area contributed by atoms with Crippen LogP contribution < -0.4 is 10.1 Å². The fourth-order valence-corrected chi connectivity index (χ4v) is 2.74. The number of ether oxygens (including phenoxy) is 1. The third-order valence-electron chi connectivity index (χ3n) is 4.25. The van der Waals surface area contributed by atoms with E-state index in [4.69, 9.17) is 4.74 Å². The predicted octanol–water partition coefficient (Wildman–Crippen LogP) is 4.38. The van der Waals surface area contributed by atoms with E-state index in [2.05, 4.69) is 10.4 Å². The molecule has 7 heteroatoms. The fraction of sp³-hybridized carbons (Fsp3) is 0.200. The van der Waals surface area contributed by atoms with Crippen LogP contribution in [0.1, 0.15) is 27.3 Å². The lowest BCUT2D eigenvalue weighted by molar-refractivity contribution is 0.102. The van der Waals surface area contributed by atoms with E-state index in [9.17, 15) is 13.6 Å². The van der Waals surface area contributed by atoms with Gasteiger partial charge in [0.25, 0.3) is 5.91 Å². The Labute approximate surface area is 155 Å². The summed E-state index contributed by atoms with van der Waals surface area (Å²) < 4.78 is 33.5. The van der Waals surface area contributed by atoms with Gasteiger partial charge in [0.05, 0.1) is 17.1 Å². The van der Waals surface area contributed by atoms with E-state index in [1.807, 2.05) is 19.1 Å². The Morgan fingerprint density at radius 1 is 1.15 bits per heavy atom. The molecule has 1 N–H and O–H groups in total. The summed E-state index contributed by atoms with van der Waals surface area (Å²) in [4.78, 5) is 12.5. The lowest BCUT2D eigenvalue weighted by atomic mass is 10.1. The maximum absolute atomic E-state index is 13.7. The van der Waals surface area contributed by atoms with Gasteiger partial charge in [-0.15, -0.1) is 0 Å². The minimum Gasteiger partial charge on any atom is -0.468 e. The molecule has 0 aliphatic rings. The Kier molecular flexibility index (Phi) is 5.21. The van der Waals surface area contributed by atoms with Crippen LogP contribution in [-0.4, -0.2) is 15.7 Å². The van der Waals surface area contributed by atoms with E-state index >= 15 is 0 Å². The van der Waals surface area contributed by atoms with Crippen molar-refractivity contribution in [2.75, 3.05) is 5.32 Å². The number of carbonyl (C=O) groups is 1. The lowest BCUT2D eigenvalue weighted by Gasteiger charge is -2.10. The minimum absolute atomic E-state index is 0.0739. The molecule has 0 radical (unpaired) electrons. The number of aromatic nitrogens is 2. The third-order valence-corrected chi connectivity index (χ3v) is 4.25. The van der Waals surface area contributed by atoms with E-state index < -0.39 is 11.6 Å². The van der Waals surface area contributed by atoms with Crippen molar-refractivity contribution in [2.45, 2.75) is 27.5 Å². The molecule has 0 aliphatic heterocycles. The molecule has 0 fully saturated rings. The zero-order valence-corrected chi connectivity index (χ0v) is 15.2. The normalized spacial score (nSPS) is 10.7. The highest BCUT2D eigenvalue weighted by Crippen LogP contribution is 2.23. The van der Waals surface area contributed by atoms with Gasteiger partial charge >= 0.3 is 0 Å². The third kappa shape index (κ3) is 3.97. The van der Waals surface area contributed by atoms with Gasteiger partial charge in [-0.1, -0.05) is 18.2 Å². The molecule has 0 aliphatic carbocycles. The molecule has 5 nitrogen and oxygen atoms in total. The molecular formula is C20H19F2N3O2. The molecule has 27 heavy (non-hydrogen) atoms. The van der Waals surface area contributed by atoms with Crippen molar-refractivity contribution < 1.29 is 18.3 Å². The average Bonchev–Trinajstić information content (AvgIpc) is 2.89. The van der Waals surface area contributed by atoms with Crippen LogP contribution in [0.25, 0.3) is 0 Å². The number of halogens is 2. The van der Waals surface area contributed by atoms with E-state index in [0.717, 1.165) is 17.7 Å². The van der Waals surface area contributed by atoms with Crippen LogP contribution in [0.2, 0.25) is 0 Å². The topological polar surface area (TPSA) is 56.2 Å². The number of nitrogens with one attached hydrogen (secondary N) is 1. The molecule has 140 valence electrons. The Morgan fingerprint density at radius 3 is 2.59 bits per heavy atom. The number of hydrogen-bond donors (Lipinski definition) is 1. The quantitative estimate of drug-likeness (QED) is 0.724. The van der Waals surface area contributed by atoms with Gasteiger partial charge in [-0.2, -0.15) is 5.10 Å². The number of amides is 1. The number of nitrogens with zero attached hydrogens (tertiary/aromatic N) is 2. The molecule has 0 bridgehead atoms. The summed E-state index contributed by atoms with van der Waals surface area (Å²) in [6.07, 6.45) is 0. The second-order valence-corrected chi connectivity index (χ2v) is 6.16. The Morgan fingerprint density at radius 2 is 1.89 bits per heavy atom. The highest BCUT2D eigenvalue weighted by molar-refractivity contribution is 6.05. The molecule has 2 aromatic carbocycles. The highest BCUT2D eigenvalue weighted by Gasteiger charge is 2.17.